The molecule has 1 fully saturated rings. The van der Waals surface area contributed by atoms with E-state index in [1.54, 1.807) is 6.07 Å². The van der Waals surface area contributed by atoms with Crippen molar-refractivity contribution in [1.82, 2.24) is 10.2 Å². The molecule has 0 spiro atoms. The largest absolute Gasteiger partial charge is 0.467 e. The minimum absolute atomic E-state index is 0.0700. The summed E-state index contributed by atoms with van der Waals surface area (Å²) in [6.07, 6.45) is 5.02. The van der Waals surface area contributed by atoms with Gasteiger partial charge in [-0.1, -0.05) is 6.92 Å². The van der Waals surface area contributed by atoms with Crippen LogP contribution in [0.3, 0.4) is 0 Å². The summed E-state index contributed by atoms with van der Waals surface area (Å²) in [6.45, 7) is 6.80. The molecule has 0 saturated carbocycles. The van der Waals surface area contributed by atoms with Crippen molar-refractivity contribution in [2.24, 2.45) is 11.7 Å². The van der Waals surface area contributed by atoms with Crippen LogP contribution < -0.4 is 11.1 Å². The molecular weight excluding hydrogens is 254 g/mol. The molecule has 0 bridgehead atoms. The fourth-order valence-electron chi connectivity index (χ4n) is 2.69. The molecule has 1 aromatic heterocycles. The Hall–Kier alpha value is -1.33. The number of hydrogen-bond donors (Lipinski definition) is 2. The summed E-state index contributed by atoms with van der Waals surface area (Å²) in [5, 5.41) is 2.96. The van der Waals surface area contributed by atoms with Crippen molar-refractivity contribution in [1.29, 1.82) is 0 Å². The Bertz CT molecular complexity index is 423. The van der Waals surface area contributed by atoms with Crippen LogP contribution in [0.15, 0.2) is 16.7 Å². The van der Waals surface area contributed by atoms with E-state index < -0.39 is 0 Å². The van der Waals surface area contributed by atoms with Crippen LogP contribution in [-0.4, -0.2) is 37.0 Å². The molecule has 5 nitrogen and oxygen atoms in total. The van der Waals surface area contributed by atoms with E-state index in [2.05, 4.69) is 17.1 Å². The van der Waals surface area contributed by atoms with Gasteiger partial charge < -0.3 is 20.4 Å². The van der Waals surface area contributed by atoms with Crippen LogP contribution in [-0.2, 0) is 6.54 Å². The average molecular weight is 279 g/mol. The number of likely N-dealkylation sites (tertiary alicyclic amines) is 1. The molecule has 0 radical (unpaired) electrons. The number of nitrogens with two attached hydrogens (primary N) is 1. The van der Waals surface area contributed by atoms with E-state index in [1.807, 2.05) is 0 Å². The summed E-state index contributed by atoms with van der Waals surface area (Å²) in [7, 11) is 0. The summed E-state index contributed by atoms with van der Waals surface area (Å²) in [5.41, 5.74) is 6.02. The van der Waals surface area contributed by atoms with E-state index in [0.29, 0.717) is 17.9 Å². The van der Waals surface area contributed by atoms with Crippen LogP contribution in [0.25, 0.3) is 0 Å². The number of nitrogens with zero attached hydrogens (tertiary/aromatic N) is 1. The van der Waals surface area contributed by atoms with Crippen LogP contribution in [0.2, 0.25) is 0 Å². The molecule has 1 aliphatic rings. The van der Waals surface area contributed by atoms with Crippen molar-refractivity contribution in [2.45, 2.75) is 32.7 Å². The Kier molecular flexibility index (Phi) is 5.61. The van der Waals surface area contributed by atoms with Gasteiger partial charge in [0.2, 0.25) is 0 Å². The van der Waals surface area contributed by atoms with E-state index in [1.165, 1.54) is 32.2 Å². The Labute approximate surface area is 120 Å². The minimum atomic E-state index is -0.0700. The number of furan rings is 1. The van der Waals surface area contributed by atoms with Crippen molar-refractivity contribution < 1.29 is 9.21 Å². The molecule has 20 heavy (non-hydrogen) atoms. The molecule has 0 unspecified atom stereocenters. The second-order valence-electron chi connectivity index (χ2n) is 5.43. The average Bonchev–Trinajstić information content (AvgIpc) is 2.97. The zero-order valence-corrected chi connectivity index (χ0v) is 12.2. The fraction of sp³-hybridized carbons (Fsp3) is 0.667. The summed E-state index contributed by atoms with van der Waals surface area (Å²) < 4.78 is 5.16. The topological polar surface area (TPSA) is 71.5 Å². The smallest absolute Gasteiger partial charge is 0.254 e. The molecule has 1 amide bonds. The molecule has 112 valence electrons. The standard InChI is InChI=1S/C15H25N3O2/c1-2-18-7-4-12(5-8-18)3-6-17-15(19)13-9-14(10-16)20-11-13/h9,11-12H,2-8,10,16H2,1H3,(H,17,19). The van der Waals surface area contributed by atoms with Crippen LogP contribution in [0.5, 0.6) is 0 Å². The van der Waals surface area contributed by atoms with Crippen molar-refractivity contribution in [2.75, 3.05) is 26.2 Å². The highest BCUT2D eigenvalue weighted by Gasteiger charge is 2.18. The SMILES string of the molecule is CCN1CCC(CCNC(=O)c2coc(CN)c2)CC1. The third kappa shape index (κ3) is 4.08. The van der Waals surface area contributed by atoms with Crippen LogP contribution in [0, 0.1) is 5.92 Å². The summed E-state index contributed by atoms with van der Waals surface area (Å²) in [6, 6.07) is 1.70. The maximum atomic E-state index is 11.9. The van der Waals surface area contributed by atoms with Gasteiger partial charge in [0.1, 0.15) is 12.0 Å². The van der Waals surface area contributed by atoms with Gasteiger partial charge in [0.05, 0.1) is 12.1 Å². The van der Waals surface area contributed by atoms with Gasteiger partial charge in [-0.3, -0.25) is 4.79 Å². The number of amides is 1. The maximum absolute atomic E-state index is 11.9. The first-order valence-corrected chi connectivity index (χ1v) is 7.51. The van der Waals surface area contributed by atoms with E-state index >= 15 is 0 Å². The number of hydrogen-bond acceptors (Lipinski definition) is 4. The quantitative estimate of drug-likeness (QED) is 0.829. The van der Waals surface area contributed by atoms with Gasteiger partial charge in [0.15, 0.2) is 0 Å². The van der Waals surface area contributed by atoms with E-state index in [4.69, 9.17) is 10.2 Å². The van der Waals surface area contributed by atoms with Crippen molar-refractivity contribution >= 4 is 5.91 Å². The molecule has 1 saturated heterocycles. The second kappa shape index (κ2) is 7.45. The van der Waals surface area contributed by atoms with Crippen molar-refractivity contribution in [3.63, 3.8) is 0 Å². The van der Waals surface area contributed by atoms with E-state index in [9.17, 15) is 4.79 Å². The van der Waals surface area contributed by atoms with E-state index in [0.717, 1.165) is 25.4 Å². The first-order valence-electron chi connectivity index (χ1n) is 7.51. The monoisotopic (exact) mass is 279 g/mol. The van der Waals surface area contributed by atoms with Gasteiger partial charge >= 0.3 is 0 Å². The highest BCUT2D eigenvalue weighted by molar-refractivity contribution is 5.93. The molecule has 1 aromatic rings. The first kappa shape index (κ1) is 15.1. The number of nitrogens with one attached hydrogen (secondary N) is 1. The molecule has 3 N–H and O–H groups in total. The number of rotatable bonds is 6. The predicted octanol–water partition coefficient (Wildman–Crippen LogP) is 1.59. The van der Waals surface area contributed by atoms with Crippen molar-refractivity contribution in [3.05, 3.63) is 23.7 Å². The van der Waals surface area contributed by atoms with Crippen LogP contribution in [0.4, 0.5) is 0 Å². The Morgan fingerprint density at radius 3 is 2.85 bits per heavy atom. The molecule has 1 aliphatic heterocycles. The molecule has 0 aliphatic carbocycles. The minimum Gasteiger partial charge on any atom is -0.467 e. The van der Waals surface area contributed by atoms with Gasteiger partial charge in [-0.25, -0.2) is 0 Å². The molecule has 5 heteroatoms. The molecule has 0 aromatic carbocycles. The number of carbonyl (C=O) groups is 1. The van der Waals surface area contributed by atoms with Crippen LogP contribution >= 0.6 is 0 Å². The van der Waals surface area contributed by atoms with Gasteiger partial charge in [-0.2, -0.15) is 0 Å². The zero-order valence-electron chi connectivity index (χ0n) is 12.2. The normalized spacial score (nSPS) is 17.3. The molecule has 2 rings (SSSR count). The Morgan fingerprint density at radius 1 is 1.50 bits per heavy atom. The maximum Gasteiger partial charge on any atom is 0.254 e. The summed E-state index contributed by atoms with van der Waals surface area (Å²) >= 11 is 0. The van der Waals surface area contributed by atoms with Gasteiger partial charge in [0.25, 0.3) is 5.91 Å². The predicted molar refractivity (Wildman–Crippen MR) is 78.4 cm³/mol. The number of carbonyl (C=O) groups excluding carboxylic acids is 1. The summed E-state index contributed by atoms with van der Waals surface area (Å²) in [5.74, 6) is 1.31. The van der Waals surface area contributed by atoms with Gasteiger partial charge in [-0.05, 0) is 50.9 Å². The number of piperidine rings is 1. The Morgan fingerprint density at radius 2 is 2.25 bits per heavy atom. The fourth-order valence-corrected chi connectivity index (χ4v) is 2.69. The molecular formula is C15H25N3O2. The lowest BCUT2D eigenvalue weighted by atomic mass is 9.93. The van der Waals surface area contributed by atoms with Gasteiger partial charge in [0, 0.05) is 6.54 Å². The lowest BCUT2D eigenvalue weighted by Gasteiger charge is -2.30. The lowest BCUT2D eigenvalue weighted by molar-refractivity contribution is 0.0947. The zero-order chi connectivity index (χ0) is 14.4. The molecule has 0 atom stereocenters. The Balaban J connectivity index is 1.67. The highest BCUT2D eigenvalue weighted by atomic mass is 16.3. The van der Waals surface area contributed by atoms with Crippen molar-refractivity contribution in [3.8, 4) is 0 Å². The van der Waals surface area contributed by atoms with E-state index in [-0.39, 0.29) is 5.91 Å². The van der Waals surface area contributed by atoms with Gasteiger partial charge in [-0.15, -0.1) is 0 Å². The molecule has 2 heterocycles. The third-order valence-corrected chi connectivity index (χ3v) is 4.11. The lowest BCUT2D eigenvalue weighted by Crippen LogP contribution is -2.35. The highest BCUT2D eigenvalue weighted by Crippen LogP contribution is 2.19. The second-order valence-corrected chi connectivity index (χ2v) is 5.43. The summed E-state index contributed by atoms with van der Waals surface area (Å²) in [4.78, 5) is 14.4. The third-order valence-electron chi connectivity index (χ3n) is 4.11. The van der Waals surface area contributed by atoms with Crippen LogP contribution in [0.1, 0.15) is 42.3 Å². The first-order chi connectivity index (χ1) is 9.72.